The average molecular weight is 189 g/mol. The number of thioether (sulfide) groups is 1. The van der Waals surface area contributed by atoms with E-state index in [-0.39, 0.29) is 0 Å². The largest absolute Gasteiger partial charge is 0.323 e. The number of hydrazine groups is 1. The minimum absolute atomic E-state index is 0.683. The molecule has 0 aliphatic rings. The molecule has 0 aromatic heterocycles. The van der Waals surface area contributed by atoms with Gasteiger partial charge in [-0.05, 0) is 18.4 Å². The van der Waals surface area contributed by atoms with Crippen molar-refractivity contribution in [2.75, 3.05) is 11.7 Å². The number of nitrogen functional groups attached to an aromatic ring is 1. The van der Waals surface area contributed by atoms with Gasteiger partial charge in [0.2, 0.25) is 0 Å². The topological polar surface area (TPSA) is 38.0 Å². The molecule has 0 bridgehead atoms. The number of anilines is 1. The third kappa shape index (κ3) is 1.80. The van der Waals surface area contributed by atoms with Crippen molar-refractivity contribution in [3.05, 3.63) is 23.2 Å². The number of hydrogen-bond acceptors (Lipinski definition) is 3. The Labute approximate surface area is 75.1 Å². The van der Waals surface area contributed by atoms with Gasteiger partial charge in [0.05, 0.1) is 10.7 Å². The third-order valence-electron chi connectivity index (χ3n) is 1.34. The molecule has 3 N–H and O–H groups in total. The van der Waals surface area contributed by atoms with Gasteiger partial charge >= 0.3 is 0 Å². The normalized spacial score (nSPS) is 9.73. The highest BCUT2D eigenvalue weighted by Crippen LogP contribution is 2.30. The molecule has 0 aliphatic carbocycles. The summed E-state index contributed by atoms with van der Waals surface area (Å²) in [4.78, 5) is 1.03. The van der Waals surface area contributed by atoms with Crippen LogP contribution < -0.4 is 11.3 Å². The Morgan fingerprint density at radius 1 is 1.55 bits per heavy atom. The summed E-state index contributed by atoms with van der Waals surface area (Å²) in [7, 11) is 0. The maximum Gasteiger partial charge on any atom is 0.0786 e. The van der Waals surface area contributed by atoms with Crippen molar-refractivity contribution < 1.29 is 0 Å². The molecule has 0 atom stereocenters. The summed E-state index contributed by atoms with van der Waals surface area (Å²) in [6.45, 7) is 0. The molecule has 11 heavy (non-hydrogen) atoms. The molecule has 0 saturated carbocycles. The van der Waals surface area contributed by atoms with Crippen molar-refractivity contribution in [3.8, 4) is 0 Å². The van der Waals surface area contributed by atoms with E-state index in [1.54, 1.807) is 11.8 Å². The molecular weight excluding hydrogens is 180 g/mol. The lowest BCUT2D eigenvalue weighted by Crippen LogP contribution is -2.07. The zero-order valence-corrected chi connectivity index (χ0v) is 7.67. The van der Waals surface area contributed by atoms with Gasteiger partial charge in [-0.3, -0.25) is 5.84 Å². The lowest BCUT2D eigenvalue weighted by Gasteiger charge is -2.05. The molecule has 0 unspecified atom stereocenters. The zero-order valence-electron chi connectivity index (χ0n) is 6.10. The van der Waals surface area contributed by atoms with Crippen LogP contribution in [0.4, 0.5) is 5.69 Å². The van der Waals surface area contributed by atoms with Crippen molar-refractivity contribution in [3.63, 3.8) is 0 Å². The number of nitrogens with one attached hydrogen (secondary N) is 1. The fourth-order valence-electron chi connectivity index (χ4n) is 0.780. The van der Waals surface area contributed by atoms with E-state index in [4.69, 9.17) is 17.4 Å². The van der Waals surface area contributed by atoms with Crippen LogP contribution in [0.2, 0.25) is 5.02 Å². The van der Waals surface area contributed by atoms with Gasteiger partial charge < -0.3 is 5.43 Å². The lowest BCUT2D eigenvalue weighted by atomic mass is 10.3. The van der Waals surface area contributed by atoms with Gasteiger partial charge in [-0.15, -0.1) is 11.8 Å². The Hall–Kier alpha value is -0.380. The maximum atomic E-state index is 5.95. The minimum Gasteiger partial charge on any atom is -0.323 e. The summed E-state index contributed by atoms with van der Waals surface area (Å²) < 4.78 is 0. The number of halogens is 1. The summed E-state index contributed by atoms with van der Waals surface area (Å²) >= 11 is 7.54. The van der Waals surface area contributed by atoms with Crippen LogP contribution in [0.25, 0.3) is 0 Å². The molecule has 60 valence electrons. The van der Waals surface area contributed by atoms with Gasteiger partial charge in [-0.25, -0.2) is 0 Å². The molecule has 1 aromatic rings. The van der Waals surface area contributed by atoms with Gasteiger partial charge in [0.1, 0.15) is 0 Å². The second-order valence-electron chi connectivity index (χ2n) is 1.97. The first kappa shape index (κ1) is 8.71. The van der Waals surface area contributed by atoms with Crippen LogP contribution >= 0.6 is 23.4 Å². The number of hydrogen-bond donors (Lipinski definition) is 2. The first-order valence-electron chi connectivity index (χ1n) is 3.08. The van der Waals surface area contributed by atoms with Crippen molar-refractivity contribution >= 4 is 29.1 Å². The summed E-state index contributed by atoms with van der Waals surface area (Å²) in [6.07, 6.45) is 1.97. The van der Waals surface area contributed by atoms with Crippen LogP contribution in [-0.4, -0.2) is 6.26 Å². The van der Waals surface area contributed by atoms with Crippen LogP contribution in [0.15, 0.2) is 23.1 Å². The minimum atomic E-state index is 0.683. The molecule has 0 saturated heterocycles. The first-order valence-corrected chi connectivity index (χ1v) is 4.69. The Bertz CT molecular complexity index is 230. The molecule has 1 aromatic carbocycles. The van der Waals surface area contributed by atoms with E-state index >= 15 is 0 Å². The molecule has 2 nitrogen and oxygen atoms in total. The monoisotopic (exact) mass is 188 g/mol. The molecule has 1 rings (SSSR count). The second kappa shape index (κ2) is 3.85. The van der Waals surface area contributed by atoms with E-state index in [2.05, 4.69) is 5.43 Å². The highest BCUT2D eigenvalue weighted by Gasteiger charge is 2.02. The standard InChI is InChI=1S/C7H9ClN2S/c1-11-6-4-2-3-5(10-9)7(6)8/h2-4,10H,9H2,1H3. The van der Waals surface area contributed by atoms with Crippen LogP contribution in [0.5, 0.6) is 0 Å². The van der Waals surface area contributed by atoms with E-state index < -0.39 is 0 Å². The Kier molecular flexibility index (Phi) is 3.05. The summed E-state index contributed by atoms with van der Waals surface area (Å²) in [6, 6.07) is 5.70. The van der Waals surface area contributed by atoms with Crippen molar-refractivity contribution in [1.82, 2.24) is 0 Å². The van der Waals surface area contributed by atoms with Crippen LogP contribution in [0, 0.1) is 0 Å². The fourth-order valence-corrected chi connectivity index (χ4v) is 1.70. The highest BCUT2D eigenvalue weighted by atomic mass is 35.5. The van der Waals surface area contributed by atoms with E-state index in [0.717, 1.165) is 10.6 Å². The molecule has 0 amide bonds. The Morgan fingerprint density at radius 2 is 2.27 bits per heavy atom. The predicted molar refractivity (Wildman–Crippen MR) is 51.0 cm³/mol. The first-order chi connectivity index (χ1) is 5.29. The highest BCUT2D eigenvalue weighted by molar-refractivity contribution is 7.98. The van der Waals surface area contributed by atoms with Crippen molar-refractivity contribution in [1.29, 1.82) is 0 Å². The number of rotatable bonds is 2. The quantitative estimate of drug-likeness (QED) is 0.425. The summed E-state index contributed by atoms with van der Waals surface area (Å²) in [5.74, 6) is 5.23. The molecule has 0 heterocycles. The Balaban J connectivity index is 3.10. The molecular formula is C7H9ClN2S. The van der Waals surface area contributed by atoms with E-state index in [9.17, 15) is 0 Å². The summed E-state index contributed by atoms with van der Waals surface area (Å²) in [5, 5.41) is 0.683. The van der Waals surface area contributed by atoms with E-state index in [0.29, 0.717) is 5.02 Å². The smallest absolute Gasteiger partial charge is 0.0786 e. The molecule has 4 heteroatoms. The van der Waals surface area contributed by atoms with Crippen LogP contribution in [0.1, 0.15) is 0 Å². The van der Waals surface area contributed by atoms with E-state index in [1.165, 1.54) is 0 Å². The second-order valence-corrected chi connectivity index (χ2v) is 3.19. The van der Waals surface area contributed by atoms with Crippen LogP contribution in [0.3, 0.4) is 0 Å². The Morgan fingerprint density at radius 3 is 2.82 bits per heavy atom. The van der Waals surface area contributed by atoms with Crippen molar-refractivity contribution in [2.45, 2.75) is 4.90 Å². The molecule has 0 aliphatic heterocycles. The predicted octanol–water partition coefficient (Wildman–Crippen LogP) is 2.35. The molecule has 0 fully saturated rings. The van der Waals surface area contributed by atoms with Gasteiger partial charge in [-0.1, -0.05) is 17.7 Å². The number of benzene rings is 1. The fraction of sp³-hybridized carbons (Fsp3) is 0.143. The van der Waals surface area contributed by atoms with Crippen LogP contribution in [-0.2, 0) is 0 Å². The average Bonchev–Trinajstić information content (AvgIpc) is 2.05. The van der Waals surface area contributed by atoms with Crippen molar-refractivity contribution in [2.24, 2.45) is 5.84 Å². The van der Waals surface area contributed by atoms with Gasteiger partial charge in [0.15, 0.2) is 0 Å². The van der Waals surface area contributed by atoms with Gasteiger partial charge in [0.25, 0.3) is 0 Å². The lowest BCUT2D eigenvalue weighted by molar-refractivity contribution is 1.32. The maximum absolute atomic E-state index is 5.95. The SMILES string of the molecule is CSc1cccc(NN)c1Cl. The van der Waals surface area contributed by atoms with E-state index in [1.807, 2.05) is 24.5 Å². The zero-order chi connectivity index (χ0) is 8.27. The molecule has 0 radical (unpaired) electrons. The van der Waals surface area contributed by atoms with Gasteiger partial charge in [-0.2, -0.15) is 0 Å². The van der Waals surface area contributed by atoms with Gasteiger partial charge in [0, 0.05) is 4.90 Å². The third-order valence-corrected chi connectivity index (χ3v) is 2.64. The molecule has 0 spiro atoms. The number of nitrogens with two attached hydrogens (primary N) is 1. The summed E-state index contributed by atoms with van der Waals surface area (Å²) in [5.41, 5.74) is 3.29.